The van der Waals surface area contributed by atoms with Crippen LogP contribution in [-0.2, 0) is 12.4 Å². The fourth-order valence-corrected chi connectivity index (χ4v) is 6.85. The highest BCUT2D eigenvalue weighted by Crippen LogP contribution is 2.42. The van der Waals surface area contributed by atoms with Gasteiger partial charge in [0.25, 0.3) is 0 Å². The largest absolute Gasteiger partial charge is 0.416 e. The summed E-state index contributed by atoms with van der Waals surface area (Å²) in [6, 6.07) is 37.2. The molecule has 3 heterocycles. The Balaban J connectivity index is 1.39. The van der Waals surface area contributed by atoms with E-state index in [-0.39, 0.29) is 22.3 Å². The molecule has 8 rings (SSSR count). The fourth-order valence-electron chi connectivity index (χ4n) is 6.85. The molecule has 0 amide bonds. The Bertz CT molecular complexity index is 2750. The minimum absolute atomic E-state index is 0.163. The maximum absolute atomic E-state index is 13.9. The second-order valence-corrected chi connectivity index (χ2v) is 12.8. The number of alkyl halides is 6. The highest BCUT2D eigenvalue weighted by molar-refractivity contribution is 6.12. The maximum Gasteiger partial charge on any atom is 0.416 e. The van der Waals surface area contributed by atoms with E-state index in [9.17, 15) is 36.9 Å². The quantitative estimate of drug-likeness (QED) is 0.165. The van der Waals surface area contributed by atoms with Gasteiger partial charge >= 0.3 is 12.4 Å². The average molecular weight is 736 g/mol. The summed E-state index contributed by atoms with van der Waals surface area (Å²) in [5.74, 6) is 0. The molecular weight excluding hydrogens is 713 g/mol. The number of nitriles is 2. The number of aromatic nitrogens is 3. The van der Waals surface area contributed by atoms with Crippen LogP contribution in [0.15, 0.2) is 140 Å². The molecule has 11 heteroatoms. The van der Waals surface area contributed by atoms with Gasteiger partial charge < -0.3 is 4.57 Å². The van der Waals surface area contributed by atoms with Gasteiger partial charge in [0.2, 0.25) is 0 Å². The van der Waals surface area contributed by atoms with Crippen molar-refractivity contribution in [2.24, 2.45) is 0 Å². The van der Waals surface area contributed by atoms with Gasteiger partial charge in [0.1, 0.15) is 0 Å². The molecule has 0 aliphatic heterocycles. The molecule has 5 aromatic carbocycles. The SMILES string of the molecule is N#Cc1cc(-c2ccc3c(c2)c2cc(-c4cc(C#N)cc(C(F)(F)F)c4)ccc2n3-c2ccccc2-c2ccnc(-c3ccccn3)c2)cc(C(F)(F)F)c1. The van der Waals surface area contributed by atoms with E-state index in [0.717, 1.165) is 41.1 Å². The summed E-state index contributed by atoms with van der Waals surface area (Å²) in [5, 5.41) is 20.3. The highest BCUT2D eigenvalue weighted by Gasteiger charge is 2.32. The van der Waals surface area contributed by atoms with E-state index in [1.165, 1.54) is 12.1 Å². The lowest BCUT2D eigenvalue weighted by Gasteiger charge is -2.15. The molecule has 266 valence electrons. The first-order chi connectivity index (χ1) is 26.4. The summed E-state index contributed by atoms with van der Waals surface area (Å²) in [6.45, 7) is 0. The molecule has 0 saturated carbocycles. The smallest absolute Gasteiger partial charge is 0.309 e. The average Bonchev–Trinajstić information content (AvgIpc) is 3.53. The minimum atomic E-state index is -4.70. The summed E-state index contributed by atoms with van der Waals surface area (Å²) in [6.07, 6.45) is -6.02. The first-order valence-electron chi connectivity index (χ1n) is 16.7. The zero-order chi connectivity index (χ0) is 38.5. The molecule has 55 heavy (non-hydrogen) atoms. The number of rotatable bonds is 5. The van der Waals surface area contributed by atoms with Crippen molar-refractivity contribution < 1.29 is 26.3 Å². The first kappa shape index (κ1) is 34.8. The zero-order valence-electron chi connectivity index (χ0n) is 28.3. The van der Waals surface area contributed by atoms with Gasteiger partial charge in [0.15, 0.2) is 0 Å². The molecule has 8 aromatic rings. The van der Waals surface area contributed by atoms with Gasteiger partial charge in [-0.1, -0.05) is 36.4 Å². The minimum Gasteiger partial charge on any atom is -0.309 e. The van der Waals surface area contributed by atoms with Crippen LogP contribution in [0.4, 0.5) is 26.3 Å². The van der Waals surface area contributed by atoms with Crippen LogP contribution >= 0.6 is 0 Å². The van der Waals surface area contributed by atoms with E-state index in [1.807, 2.05) is 71.3 Å². The normalized spacial score (nSPS) is 11.8. The second kappa shape index (κ2) is 13.3. The van der Waals surface area contributed by atoms with Gasteiger partial charge in [-0.25, -0.2) is 0 Å². The summed E-state index contributed by atoms with van der Waals surface area (Å²) in [7, 11) is 0. The molecule has 0 aliphatic carbocycles. The Hall–Kier alpha value is -7.24. The predicted molar refractivity (Wildman–Crippen MR) is 198 cm³/mol. The summed E-state index contributed by atoms with van der Waals surface area (Å²) >= 11 is 0. The monoisotopic (exact) mass is 735 g/mol. The molecule has 3 aromatic heterocycles. The molecular formula is C44H23F6N5. The molecule has 0 unspecified atom stereocenters. The van der Waals surface area contributed by atoms with Gasteiger partial charge in [-0.05, 0) is 119 Å². The highest BCUT2D eigenvalue weighted by atomic mass is 19.4. The standard InChI is InChI=1S/C44H23F6N5/c45-43(46,47)33-17-26(24-51)15-31(19-33)28-8-10-41-36(21-28)37-22-29(32-16-27(25-52)18-34(20-32)44(48,49)50)9-11-42(37)55(41)40-7-2-1-5-35(40)30-12-14-54-39(23-30)38-6-3-4-13-53-38/h1-23H. The Morgan fingerprint density at radius 2 is 1.02 bits per heavy atom. The number of hydrogen-bond donors (Lipinski definition) is 0. The number of hydrogen-bond acceptors (Lipinski definition) is 4. The van der Waals surface area contributed by atoms with Gasteiger partial charge in [0, 0.05) is 28.7 Å². The Morgan fingerprint density at radius 3 is 1.55 bits per heavy atom. The molecule has 0 atom stereocenters. The first-order valence-corrected chi connectivity index (χ1v) is 16.7. The van der Waals surface area contributed by atoms with Crippen LogP contribution in [0.5, 0.6) is 0 Å². The van der Waals surface area contributed by atoms with Crippen LogP contribution in [0.2, 0.25) is 0 Å². The number of pyridine rings is 2. The number of fused-ring (bicyclic) bond motifs is 3. The van der Waals surface area contributed by atoms with Crippen LogP contribution in [-0.4, -0.2) is 14.5 Å². The molecule has 5 nitrogen and oxygen atoms in total. The van der Waals surface area contributed by atoms with Crippen LogP contribution in [0, 0.1) is 22.7 Å². The Kier molecular flexibility index (Phi) is 8.43. The maximum atomic E-state index is 13.9. The number of nitrogens with zero attached hydrogens (tertiary/aromatic N) is 5. The third kappa shape index (κ3) is 6.53. The van der Waals surface area contributed by atoms with E-state index in [4.69, 9.17) is 0 Å². The summed E-state index contributed by atoms with van der Waals surface area (Å²) in [4.78, 5) is 8.96. The number of para-hydroxylation sites is 1. The van der Waals surface area contributed by atoms with E-state index in [0.29, 0.717) is 44.3 Å². The van der Waals surface area contributed by atoms with Gasteiger partial charge in [0.05, 0.1) is 62.5 Å². The van der Waals surface area contributed by atoms with Crippen molar-refractivity contribution in [3.8, 4) is 62.6 Å². The van der Waals surface area contributed by atoms with Gasteiger partial charge in [-0.3, -0.25) is 9.97 Å². The molecule has 0 saturated heterocycles. The van der Waals surface area contributed by atoms with E-state index in [1.54, 1.807) is 48.8 Å². The Morgan fingerprint density at radius 1 is 0.473 bits per heavy atom. The zero-order valence-corrected chi connectivity index (χ0v) is 28.3. The van der Waals surface area contributed by atoms with Crippen LogP contribution in [0.1, 0.15) is 22.3 Å². The van der Waals surface area contributed by atoms with Gasteiger partial charge in [-0.2, -0.15) is 36.9 Å². The van der Waals surface area contributed by atoms with Crippen LogP contribution in [0.3, 0.4) is 0 Å². The lowest BCUT2D eigenvalue weighted by atomic mass is 9.96. The summed E-state index contributed by atoms with van der Waals surface area (Å²) in [5.41, 5.74) is 3.92. The lowest BCUT2D eigenvalue weighted by Crippen LogP contribution is -2.05. The van der Waals surface area contributed by atoms with Crippen molar-refractivity contribution in [3.63, 3.8) is 0 Å². The molecule has 0 N–H and O–H groups in total. The number of halogens is 6. The van der Waals surface area contributed by atoms with E-state index < -0.39 is 23.5 Å². The third-order valence-electron chi connectivity index (χ3n) is 9.35. The molecule has 0 radical (unpaired) electrons. The Labute approximate surface area is 309 Å². The van der Waals surface area contributed by atoms with Crippen molar-refractivity contribution in [1.82, 2.24) is 14.5 Å². The van der Waals surface area contributed by atoms with Crippen molar-refractivity contribution in [2.75, 3.05) is 0 Å². The summed E-state index contributed by atoms with van der Waals surface area (Å²) < 4.78 is 85.4. The number of benzene rings is 5. The van der Waals surface area contributed by atoms with Crippen LogP contribution < -0.4 is 0 Å². The topological polar surface area (TPSA) is 78.3 Å². The molecule has 0 bridgehead atoms. The van der Waals surface area contributed by atoms with Crippen molar-refractivity contribution >= 4 is 21.8 Å². The lowest BCUT2D eigenvalue weighted by molar-refractivity contribution is -0.138. The molecule has 0 aliphatic rings. The van der Waals surface area contributed by atoms with Crippen LogP contribution in [0.25, 0.3) is 72.3 Å². The van der Waals surface area contributed by atoms with Gasteiger partial charge in [-0.15, -0.1) is 0 Å². The third-order valence-corrected chi connectivity index (χ3v) is 9.35. The molecule has 0 fully saturated rings. The van der Waals surface area contributed by atoms with Crippen molar-refractivity contribution in [3.05, 3.63) is 162 Å². The van der Waals surface area contributed by atoms with Crippen molar-refractivity contribution in [2.45, 2.75) is 12.4 Å². The van der Waals surface area contributed by atoms with E-state index in [2.05, 4.69) is 9.97 Å². The van der Waals surface area contributed by atoms with Crippen molar-refractivity contribution in [1.29, 1.82) is 10.5 Å². The second-order valence-electron chi connectivity index (χ2n) is 12.8. The van der Waals surface area contributed by atoms with E-state index >= 15 is 0 Å². The fraction of sp³-hybridized carbons (Fsp3) is 0.0455. The predicted octanol–water partition coefficient (Wildman–Crippen LogP) is 12.0. The molecule has 0 spiro atoms.